The summed E-state index contributed by atoms with van der Waals surface area (Å²) in [4.78, 5) is 10.6. The van der Waals surface area contributed by atoms with Gasteiger partial charge in [0.2, 0.25) is 5.91 Å². The molecule has 4 heteroatoms. The molecule has 0 bridgehead atoms. The van der Waals surface area contributed by atoms with Gasteiger partial charge < -0.3 is 5.32 Å². The van der Waals surface area contributed by atoms with Crippen LogP contribution in [0, 0.1) is 18.6 Å². The highest BCUT2D eigenvalue weighted by molar-refractivity contribution is 5.88. The highest BCUT2D eigenvalue weighted by atomic mass is 19.1. The van der Waals surface area contributed by atoms with Crippen LogP contribution >= 0.6 is 0 Å². The molecule has 0 spiro atoms. The molecule has 0 aliphatic heterocycles. The van der Waals surface area contributed by atoms with Gasteiger partial charge in [-0.2, -0.15) is 0 Å². The van der Waals surface area contributed by atoms with Crippen molar-refractivity contribution in [3.63, 3.8) is 0 Å². The second-order valence-corrected chi connectivity index (χ2v) is 2.76. The van der Waals surface area contributed by atoms with Gasteiger partial charge in [0.05, 0.1) is 5.69 Å². The predicted molar refractivity (Wildman–Crippen MR) is 45.4 cm³/mol. The third kappa shape index (κ3) is 2.24. The van der Waals surface area contributed by atoms with Gasteiger partial charge in [0.15, 0.2) is 0 Å². The van der Waals surface area contributed by atoms with Crippen LogP contribution in [0.4, 0.5) is 14.5 Å². The van der Waals surface area contributed by atoms with E-state index in [4.69, 9.17) is 0 Å². The highest BCUT2D eigenvalue weighted by Crippen LogP contribution is 2.18. The summed E-state index contributed by atoms with van der Waals surface area (Å²) >= 11 is 0. The summed E-state index contributed by atoms with van der Waals surface area (Å²) in [5.41, 5.74) is 0.0854. The van der Waals surface area contributed by atoms with Gasteiger partial charge >= 0.3 is 0 Å². The standard InChI is InChI=1S/C9H9F2NO/c1-5-3-8(11)9(4-7(5)10)12-6(2)13/h3-4H,1-2H3,(H,12,13). The van der Waals surface area contributed by atoms with Crippen LogP contribution in [-0.2, 0) is 4.79 Å². The molecule has 2 nitrogen and oxygen atoms in total. The third-order valence-corrected chi connectivity index (χ3v) is 1.56. The van der Waals surface area contributed by atoms with Gasteiger partial charge in [-0.15, -0.1) is 0 Å². The Morgan fingerprint density at radius 1 is 1.31 bits per heavy atom. The normalized spacial score (nSPS) is 9.85. The Kier molecular flexibility index (Phi) is 2.60. The topological polar surface area (TPSA) is 29.1 Å². The van der Waals surface area contributed by atoms with Crippen LogP contribution in [0.2, 0.25) is 0 Å². The molecule has 0 fully saturated rings. The second-order valence-electron chi connectivity index (χ2n) is 2.76. The average molecular weight is 185 g/mol. The Labute approximate surface area is 74.6 Å². The molecule has 1 aromatic rings. The zero-order chi connectivity index (χ0) is 10.0. The average Bonchev–Trinajstić information content (AvgIpc) is 1.99. The van der Waals surface area contributed by atoms with Gasteiger partial charge in [0.1, 0.15) is 11.6 Å². The first kappa shape index (κ1) is 9.64. The SMILES string of the molecule is CC(=O)Nc1cc(F)c(C)cc1F. The van der Waals surface area contributed by atoms with E-state index < -0.39 is 17.5 Å². The largest absolute Gasteiger partial charge is 0.324 e. The number of hydrogen-bond donors (Lipinski definition) is 1. The summed E-state index contributed by atoms with van der Waals surface area (Å²) in [6.45, 7) is 2.69. The van der Waals surface area contributed by atoms with Gasteiger partial charge in [-0.3, -0.25) is 4.79 Å². The molecule has 13 heavy (non-hydrogen) atoms. The van der Waals surface area contributed by atoms with E-state index in [1.807, 2.05) is 0 Å². The molecule has 0 aromatic heterocycles. The fourth-order valence-electron chi connectivity index (χ4n) is 0.932. The Bertz CT molecular complexity index is 350. The number of aryl methyl sites for hydroxylation is 1. The Hall–Kier alpha value is -1.45. The van der Waals surface area contributed by atoms with E-state index in [0.717, 1.165) is 12.1 Å². The molecular weight excluding hydrogens is 176 g/mol. The summed E-state index contributed by atoms with van der Waals surface area (Å²) in [6.07, 6.45) is 0. The van der Waals surface area contributed by atoms with Crippen LogP contribution in [0.1, 0.15) is 12.5 Å². The molecule has 0 saturated heterocycles. The van der Waals surface area contributed by atoms with Crippen molar-refractivity contribution in [3.05, 3.63) is 29.3 Å². The van der Waals surface area contributed by atoms with E-state index in [-0.39, 0.29) is 11.3 Å². The Morgan fingerprint density at radius 2 is 1.92 bits per heavy atom. The van der Waals surface area contributed by atoms with Gasteiger partial charge in [0, 0.05) is 13.0 Å². The van der Waals surface area contributed by atoms with Gasteiger partial charge in [-0.05, 0) is 18.6 Å². The van der Waals surface area contributed by atoms with Gasteiger partial charge in [-0.1, -0.05) is 0 Å². The maximum absolute atomic E-state index is 13.0. The maximum Gasteiger partial charge on any atom is 0.221 e. The minimum atomic E-state index is -0.630. The number of benzene rings is 1. The molecule has 0 saturated carbocycles. The zero-order valence-electron chi connectivity index (χ0n) is 7.32. The predicted octanol–water partition coefficient (Wildman–Crippen LogP) is 2.23. The molecule has 1 amide bonds. The van der Waals surface area contributed by atoms with Crippen LogP contribution in [-0.4, -0.2) is 5.91 Å². The molecule has 0 atom stereocenters. The summed E-state index contributed by atoms with van der Waals surface area (Å²) < 4.78 is 25.9. The van der Waals surface area contributed by atoms with E-state index in [2.05, 4.69) is 5.32 Å². The number of nitrogens with one attached hydrogen (secondary N) is 1. The van der Waals surface area contributed by atoms with E-state index >= 15 is 0 Å². The molecule has 0 unspecified atom stereocenters. The number of anilines is 1. The number of carbonyl (C=O) groups excluding carboxylic acids is 1. The quantitative estimate of drug-likeness (QED) is 0.714. The van der Waals surface area contributed by atoms with Crippen LogP contribution in [0.5, 0.6) is 0 Å². The van der Waals surface area contributed by atoms with Crippen LogP contribution in [0.25, 0.3) is 0 Å². The number of halogens is 2. The van der Waals surface area contributed by atoms with Crippen molar-refractivity contribution >= 4 is 11.6 Å². The van der Waals surface area contributed by atoms with Crippen molar-refractivity contribution in [2.45, 2.75) is 13.8 Å². The van der Waals surface area contributed by atoms with E-state index in [1.54, 1.807) is 0 Å². The van der Waals surface area contributed by atoms with Crippen LogP contribution in [0.3, 0.4) is 0 Å². The lowest BCUT2D eigenvalue weighted by Crippen LogP contribution is -2.08. The first-order valence-corrected chi connectivity index (χ1v) is 3.74. The van der Waals surface area contributed by atoms with Gasteiger partial charge in [0.25, 0.3) is 0 Å². The summed E-state index contributed by atoms with van der Waals surface area (Å²) in [7, 11) is 0. The van der Waals surface area contributed by atoms with Crippen LogP contribution < -0.4 is 5.32 Å². The van der Waals surface area contributed by atoms with Crippen molar-refractivity contribution < 1.29 is 13.6 Å². The van der Waals surface area contributed by atoms with E-state index in [0.29, 0.717) is 0 Å². The zero-order valence-corrected chi connectivity index (χ0v) is 7.32. The van der Waals surface area contributed by atoms with Crippen LogP contribution in [0.15, 0.2) is 12.1 Å². The molecular formula is C9H9F2NO. The molecule has 1 rings (SSSR count). The molecule has 70 valence electrons. The summed E-state index contributed by atoms with van der Waals surface area (Å²) in [5, 5.41) is 2.19. The first-order valence-electron chi connectivity index (χ1n) is 3.74. The molecule has 0 heterocycles. The molecule has 0 aliphatic rings. The molecule has 1 N–H and O–H groups in total. The minimum Gasteiger partial charge on any atom is -0.324 e. The third-order valence-electron chi connectivity index (χ3n) is 1.56. The summed E-state index contributed by atoms with van der Waals surface area (Å²) in [6, 6.07) is 2.01. The minimum absolute atomic E-state index is 0.129. The lowest BCUT2D eigenvalue weighted by Gasteiger charge is -2.05. The van der Waals surface area contributed by atoms with Crippen molar-refractivity contribution in [3.8, 4) is 0 Å². The number of amides is 1. The van der Waals surface area contributed by atoms with E-state index in [1.165, 1.54) is 13.8 Å². The highest BCUT2D eigenvalue weighted by Gasteiger charge is 2.07. The van der Waals surface area contributed by atoms with Crippen molar-refractivity contribution in [2.75, 3.05) is 5.32 Å². The Balaban J connectivity index is 3.08. The number of carbonyl (C=O) groups is 1. The van der Waals surface area contributed by atoms with E-state index in [9.17, 15) is 13.6 Å². The maximum atomic E-state index is 13.0. The first-order chi connectivity index (χ1) is 6.00. The molecule has 0 aliphatic carbocycles. The smallest absolute Gasteiger partial charge is 0.221 e. The molecule has 0 radical (unpaired) electrons. The lowest BCUT2D eigenvalue weighted by molar-refractivity contribution is -0.114. The van der Waals surface area contributed by atoms with Gasteiger partial charge in [-0.25, -0.2) is 8.78 Å². The number of hydrogen-bond acceptors (Lipinski definition) is 1. The van der Waals surface area contributed by atoms with Crippen molar-refractivity contribution in [1.29, 1.82) is 0 Å². The monoisotopic (exact) mass is 185 g/mol. The number of rotatable bonds is 1. The Morgan fingerprint density at radius 3 is 2.46 bits per heavy atom. The second kappa shape index (κ2) is 3.51. The van der Waals surface area contributed by atoms with Crippen molar-refractivity contribution in [1.82, 2.24) is 0 Å². The van der Waals surface area contributed by atoms with Crippen molar-refractivity contribution in [2.24, 2.45) is 0 Å². The molecule has 1 aromatic carbocycles. The summed E-state index contributed by atoms with van der Waals surface area (Å²) in [5.74, 6) is -1.60. The fraction of sp³-hybridized carbons (Fsp3) is 0.222. The fourth-order valence-corrected chi connectivity index (χ4v) is 0.932. The lowest BCUT2D eigenvalue weighted by atomic mass is 10.2.